The quantitative estimate of drug-likeness (QED) is 0.578. The second-order valence-electron chi connectivity index (χ2n) is 5.97. The van der Waals surface area contributed by atoms with Crippen LogP contribution >= 0.6 is 0 Å². The van der Waals surface area contributed by atoms with Crippen LogP contribution in [0.5, 0.6) is 0 Å². The van der Waals surface area contributed by atoms with Crippen molar-refractivity contribution in [1.82, 2.24) is 24.9 Å². The summed E-state index contributed by atoms with van der Waals surface area (Å²) < 4.78 is 1.86. The molecule has 0 aliphatic carbocycles. The zero-order valence-corrected chi connectivity index (χ0v) is 14.2. The van der Waals surface area contributed by atoms with Crippen molar-refractivity contribution in [2.75, 3.05) is 0 Å². The van der Waals surface area contributed by atoms with E-state index in [9.17, 15) is 4.79 Å². The first kappa shape index (κ1) is 16.0. The van der Waals surface area contributed by atoms with Gasteiger partial charge in [0.15, 0.2) is 11.5 Å². The lowest BCUT2D eigenvalue weighted by Gasteiger charge is -2.10. The number of carbonyl (C=O) groups is 1. The van der Waals surface area contributed by atoms with Crippen LogP contribution in [0.15, 0.2) is 67.0 Å². The van der Waals surface area contributed by atoms with Gasteiger partial charge in [0.2, 0.25) is 5.91 Å². The van der Waals surface area contributed by atoms with Gasteiger partial charge in [-0.3, -0.25) is 14.2 Å². The van der Waals surface area contributed by atoms with Crippen LogP contribution in [0, 0.1) is 0 Å². The SMILES string of the molecule is C[C@@H](NC(=O)/C=C\c1cccc2cccnc12)c1nnc2ccccn12. The highest BCUT2D eigenvalue weighted by Gasteiger charge is 2.14. The number of hydrogen-bond donors (Lipinski definition) is 1. The number of carbonyl (C=O) groups excluding carboxylic acids is 1. The van der Waals surface area contributed by atoms with E-state index >= 15 is 0 Å². The number of hydrogen-bond acceptors (Lipinski definition) is 4. The summed E-state index contributed by atoms with van der Waals surface area (Å²) in [5.41, 5.74) is 2.52. The van der Waals surface area contributed by atoms with Gasteiger partial charge in [0.05, 0.1) is 11.6 Å². The Morgan fingerprint density at radius 2 is 2.00 bits per heavy atom. The van der Waals surface area contributed by atoms with E-state index in [-0.39, 0.29) is 11.9 Å². The van der Waals surface area contributed by atoms with Crippen molar-refractivity contribution in [3.8, 4) is 0 Å². The monoisotopic (exact) mass is 343 g/mol. The molecule has 0 spiro atoms. The predicted octanol–water partition coefficient (Wildman–Crippen LogP) is 3.17. The standard InChI is InChI=1S/C20H17N5O/c1-14(20-24-23-17-9-2-3-13-25(17)20)22-18(26)11-10-16-7-4-6-15-8-5-12-21-19(15)16/h2-14H,1H3,(H,22,26)/b11-10-/t14-/m1/s1. The Bertz CT molecular complexity index is 1110. The van der Waals surface area contributed by atoms with Crippen LogP contribution < -0.4 is 5.32 Å². The molecule has 0 saturated carbocycles. The minimum Gasteiger partial charge on any atom is -0.343 e. The second-order valence-corrected chi connectivity index (χ2v) is 5.97. The molecule has 1 N–H and O–H groups in total. The summed E-state index contributed by atoms with van der Waals surface area (Å²) in [6.07, 6.45) is 6.92. The maximum atomic E-state index is 12.3. The number of rotatable bonds is 4. The van der Waals surface area contributed by atoms with E-state index in [4.69, 9.17) is 0 Å². The number of nitrogens with one attached hydrogen (secondary N) is 1. The number of benzene rings is 1. The maximum Gasteiger partial charge on any atom is 0.244 e. The molecule has 0 bridgehead atoms. The van der Waals surface area contributed by atoms with Crippen LogP contribution in [-0.4, -0.2) is 25.5 Å². The fraction of sp³-hybridized carbons (Fsp3) is 0.100. The molecule has 4 aromatic rings. The Labute approximate surface area is 150 Å². The summed E-state index contributed by atoms with van der Waals surface area (Å²) in [5, 5.41) is 12.2. The third kappa shape index (κ3) is 3.04. The average molecular weight is 343 g/mol. The molecule has 0 saturated heterocycles. The third-order valence-corrected chi connectivity index (χ3v) is 4.16. The molecule has 0 fully saturated rings. The predicted molar refractivity (Wildman–Crippen MR) is 100 cm³/mol. The van der Waals surface area contributed by atoms with Crippen molar-refractivity contribution in [1.29, 1.82) is 0 Å². The van der Waals surface area contributed by atoms with Crippen LogP contribution in [0.4, 0.5) is 0 Å². The first-order chi connectivity index (χ1) is 12.7. The number of para-hydroxylation sites is 1. The van der Waals surface area contributed by atoms with Gasteiger partial charge in [0.25, 0.3) is 0 Å². The Hall–Kier alpha value is -3.54. The third-order valence-electron chi connectivity index (χ3n) is 4.16. The molecule has 3 aromatic heterocycles. The topological polar surface area (TPSA) is 72.2 Å². The zero-order valence-electron chi connectivity index (χ0n) is 14.2. The highest BCUT2D eigenvalue weighted by atomic mass is 16.1. The van der Waals surface area contributed by atoms with E-state index in [1.54, 1.807) is 12.3 Å². The van der Waals surface area contributed by atoms with Gasteiger partial charge in [-0.15, -0.1) is 10.2 Å². The molecule has 0 aliphatic rings. The molecule has 128 valence electrons. The van der Waals surface area contributed by atoms with Crippen molar-refractivity contribution >= 4 is 28.5 Å². The Morgan fingerprint density at radius 3 is 2.92 bits per heavy atom. The molecule has 6 nitrogen and oxygen atoms in total. The van der Waals surface area contributed by atoms with Gasteiger partial charge in [-0.25, -0.2) is 0 Å². The number of fused-ring (bicyclic) bond motifs is 2. The average Bonchev–Trinajstić information content (AvgIpc) is 3.10. The van der Waals surface area contributed by atoms with Gasteiger partial charge >= 0.3 is 0 Å². The number of pyridine rings is 2. The van der Waals surface area contributed by atoms with E-state index in [0.29, 0.717) is 5.82 Å². The minimum absolute atomic E-state index is 0.196. The zero-order chi connectivity index (χ0) is 17.9. The molecule has 0 unspecified atom stereocenters. The van der Waals surface area contributed by atoms with E-state index in [1.165, 1.54) is 6.08 Å². The molecule has 0 radical (unpaired) electrons. The smallest absolute Gasteiger partial charge is 0.244 e. The van der Waals surface area contributed by atoms with Crippen molar-refractivity contribution < 1.29 is 4.79 Å². The molecule has 3 heterocycles. The molecule has 6 heteroatoms. The molecule has 4 rings (SSSR count). The van der Waals surface area contributed by atoms with E-state index in [0.717, 1.165) is 22.1 Å². The molecule has 1 aromatic carbocycles. The van der Waals surface area contributed by atoms with Crippen LogP contribution in [-0.2, 0) is 4.79 Å². The van der Waals surface area contributed by atoms with Crippen molar-refractivity contribution in [2.45, 2.75) is 13.0 Å². The molecule has 1 atom stereocenters. The van der Waals surface area contributed by atoms with Crippen LogP contribution in [0.2, 0.25) is 0 Å². The maximum absolute atomic E-state index is 12.3. The van der Waals surface area contributed by atoms with E-state index in [1.807, 2.05) is 66.1 Å². The van der Waals surface area contributed by atoms with E-state index < -0.39 is 0 Å². The number of aromatic nitrogens is 4. The van der Waals surface area contributed by atoms with Crippen molar-refractivity contribution in [2.24, 2.45) is 0 Å². The summed E-state index contributed by atoms with van der Waals surface area (Å²) in [5.74, 6) is 0.493. The van der Waals surface area contributed by atoms with Gasteiger partial charge in [-0.1, -0.05) is 30.3 Å². The van der Waals surface area contributed by atoms with Gasteiger partial charge in [0.1, 0.15) is 0 Å². The van der Waals surface area contributed by atoms with Crippen molar-refractivity contribution in [3.63, 3.8) is 0 Å². The summed E-state index contributed by atoms with van der Waals surface area (Å²) in [6, 6.07) is 15.2. The highest BCUT2D eigenvalue weighted by molar-refractivity contribution is 5.95. The molecular formula is C20H17N5O. The van der Waals surface area contributed by atoms with Gasteiger partial charge in [-0.2, -0.15) is 0 Å². The summed E-state index contributed by atoms with van der Waals surface area (Å²) >= 11 is 0. The van der Waals surface area contributed by atoms with Crippen LogP contribution in [0.3, 0.4) is 0 Å². The number of amides is 1. The molecule has 1 amide bonds. The van der Waals surface area contributed by atoms with Gasteiger partial charge < -0.3 is 5.32 Å². The van der Waals surface area contributed by atoms with Crippen LogP contribution in [0.25, 0.3) is 22.6 Å². The first-order valence-electron chi connectivity index (χ1n) is 8.34. The minimum atomic E-state index is -0.268. The van der Waals surface area contributed by atoms with E-state index in [2.05, 4.69) is 20.5 Å². The highest BCUT2D eigenvalue weighted by Crippen LogP contribution is 2.17. The fourth-order valence-corrected chi connectivity index (χ4v) is 2.91. The summed E-state index contributed by atoms with van der Waals surface area (Å²) in [6.45, 7) is 1.88. The largest absolute Gasteiger partial charge is 0.343 e. The fourth-order valence-electron chi connectivity index (χ4n) is 2.91. The molecule has 0 aliphatic heterocycles. The molecular weight excluding hydrogens is 326 g/mol. The van der Waals surface area contributed by atoms with Gasteiger partial charge in [0, 0.05) is 29.4 Å². The molecule has 26 heavy (non-hydrogen) atoms. The Balaban J connectivity index is 1.52. The Morgan fingerprint density at radius 1 is 1.12 bits per heavy atom. The summed E-state index contributed by atoms with van der Waals surface area (Å²) in [7, 11) is 0. The lowest BCUT2D eigenvalue weighted by Crippen LogP contribution is -2.26. The first-order valence-corrected chi connectivity index (χ1v) is 8.34. The van der Waals surface area contributed by atoms with Crippen LogP contribution in [0.1, 0.15) is 24.4 Å². The van der Waals surface area contributed by atoms with Gasteiger partial charge in [-0.05, 0) is 31.2 Å². The summed E-state index contributed by atoms with van der Waals surface area (Å²) in [4.78, 5) is 16.7. The second kappa shape index (κ2) is 6.76. The van der Waals surface area contributed by atoms with Crippen molar-refractivity contribution in [3.05, 3.63) is 78.4 Å². The lowest BCUT2D eigenvalue weighted by atomic mass is 10.1. The number of nitrogens with zero attached hydrogens (tertiary/aromatic N) is 4. The Kier molecular flexibility index (Phi) is 4.15. The lowest BCUT2D eigenvalue weighted by molar-refractivity contribution is -0.117. The normalized spacial score (nSPS) is 12.7.